The molecule has 21 heavy (non-hydrogen) atoms. The van der Waals surface area contributed by atoms with E-state index < -0.39 is 17.5 Å². The maximum Gasteiger partial charge on any atom is 0.133 e. The van der Waals surface area contributed by atoms with Crippen LogP contribution in [0.15, 0.2) is 36.4 Å². The zero-order chi connectivity index (χ0) is 15.2. The molecule has 0 fully saturated rings. The zero-order valence-corrected chi connectivity index (χ0v) is 11.6. The van der Waals surface area contributed by atoms with Gasteiger partial charge in [0.2, 0.25) is 0 Å². The molecule has 0 saturated heterocycles. The highest BCUT2D eigenvalue weighted by molar-refractivity contribution is 5.35. The van der Waals surface area contributed by atoms with Crippen LogP contribution in [0.2, 0.25) is 0 Å². The van der Waals surface area contributed by atoms with Gasteiger partial charge in [-0.25, -0.2) is 13.2 Å². The van der Waals surface area contributed by atoms with Crippen molar-refractivity contribution in [3.63, 3.8) is 0 Å². The molecular formula is C16H16F3NO. The monoisotopic (exact) mass is 295 g/mol. The first-order valence-electron chi connectivity index (χ1n) is 6.71. The van der Waals surface area contributed by atoms with Crippen LogP contribution < -0.4 is 10.1 Å². The molecule has 2 aromatic rings. The summed E-state index contributed by atoms with van der Waals surface area (Å²) < 4.78 is 45.0. The number of hydrogen-bond donors (Lipinski definition) is 1. The van der Waals surface area contributed by atoms with E-state index in [1.807, 2.05) is 6.92 Å². The summed E-state index contributed by atoms with van der Waals surface area (Å²) >= 11 is 0. The van der Waals surface area contributed by atoms with E-state index in [2.05, 4.69) is 5.32 Å². The van der Waals surface area contributed by atoms with E-state index in [1.54, 1.807) is 6.07 Å². The lowest BCUT2D eigenvalue weighted by molar-refractivity contribution is 0.462. The SMILES string of the molecule is CCCNCc1cc(F)cc(Oc2cc(F)cc(F)c2)c1. The third-order valence-electron chi connectivity index (χ3n) is 2.76. The van der Waals surface area contributed by atoms with Crippen molar-refractivity contribution in [2.75, 3.05) is 6.54 Å². The first kappa shape index (κ1) is 15.4. The van der Waals surface area contributed by atoms with Gasteiger partial charge in [-0.3, -0.25) is 0 Å². The summed E-state index contributed by atoms with van der Waals surface area (Å²) in [5.41, 5.74) is 0.704. The predicted molar refractivity (Wildman–Crippen MR) is 74.8 cm³/mol. The molecule has 0 unspecified atom stereocenters. The van der Waals surface area contributed by atoms with E-state index in [-0.39, 0.29) is 11.5 Å². The fourth-order valence-electron chi connectivity index (χ4n) is 1.91. The summed E-state index contributed by atoms with van der Waals surface area (Å²) in [7, 11) is 0. The Morgan fingerprint density at radius 2 is 1.43 bits per heavy atom. The van der Waals surface area contributed by atoms with Crippen molar-refractivity contribution in [2.24, 2.45) is 0 Å². The van der Waals surface area contributed by atoms with Gasteiger partial charge in [0.25, 0.3) is 0 Å². The van der Waals surface area contributed by atoms with Crippen LogP contribution in [-0.4, -0.2) is 6.54 Å². The van der Waals surface area contributed by atoms with Crippen LogP contribution in [0.1, 0.15) is 18.9 Å². The minimum Gasteiger partial charge on any atom is -0.457 e. The number of nitrogens with one attached hydrogen (secondary N) is 1. The first-order chi connectivity index (χ1) is 10.1. The largest absolute Gasteiger partial charge is 0.457 e. The van der Waals surface area contributed by atoms with Crippen molar-refractivity contribution in [3.8, 4) is 11.5 Å². The molecule has 1 N–H and O–H groups in total. The van der Waals surface area contributed by atoms with Crippen molar-refractivity contribution in [1.82, 2.24) is 5.32 Å². The second kappa shape index (κ2) is 7.13. The van der Waals surface area contributed by atoms with E-state index in [0.29, 0.717) is 12.1 Å². The van der Waals surface area contributed by atoms with Gasteiger partial charge < -0.3 is 10.1 Å². The minimum absolute atomic E-state index is 0.00873. The van der Waals surface area contributed by atoms with Crippen molar-refractivity contribution in [2.45, 2.75) is 19.9 Å². The Labute approximate surface area is 121 Å². The van der Waals surface area contributed by atoms with Gasteiger partial charge in [-0.2, -0.15) is 0 Å². The summed E-state index contributed by atoms with van der Waals surface area (Å²) in [6.45, 7) is 3.35. The summed E-state index contributed by atoms with van der Waals surface area (Å²) in [4.78, 5) is 0. The first-order valence-corrected chi connectivity index (χ1v) is 6.71. The zero-order valence-electron chi connectivity index (χ0n) is 11.6. The Morgan fingerprint density at radius 1 is 0.857 bits per heavy atom. The van der Waals surface area contributed by atoms with Gasteiger partial charge in [-0.05, 0) is 30.7 Å². The minimum atomic E-state index is -0.744. The number of halogens is 3. The van der Waals surface area contributed by atoms with E-state index >= 15 is 0 Å². The predicted octanol–water partition coefficient (Wildman–Crippen LogP) is 4.40. The lowest BCUT2D eigenvalue weighted by atomic mass is 10.2. The fraction of sp³-hybridized carbons (Fsp3) is 0.250. The van der Waals surface area contributed by atoms with Crippen LogP contribution >= 0.6 is 0 Å². The molecule has 5 heteroatoms. The van der Waals surface area contributed by atoms with Gasteiger partial charge in [0.15, 0.2) is 0 Å². The smallest absolute Gasteiger partial charge is 0.133 e. The highest BCUT2D eigenvalue weighted by Gasteiger charge is 2.06. The van der Waals surface area contributed by atoms with Gasteiger partial charge in [-0.1, -0.05) is 6.92 Å². The second-order valence-corrected chi connectivity index (χ2v) is 4.68. The second-order valence-electron chi connectivity index (χ2n) is 4.68. The van der Waals surface area contributed by atoms with Crippen LogP contribution in [0, 0.1) is 17.5 Å². The number of ether oxygens (including phenoxy) is 1. The molecule has 0 aliphatic heterocycles. The van der Waals surface area contributed by atoms with Crippen molar-refractivity contribution in [1.29, 1.82) is 0 Å². The standard InChI is InChI=1S/C16H16F3NO/c1-2-3-20-10-11-4-12(17)7-15(5-11)21-16-8-13(18)6-14(19)9-16/h4-9,20H,2-3,10H2,1H3. The van der Waals surface area contributed by atoms with E-state index in [4.69, 9.17) is 4.74 Å². The molecule has 2 rings (SSSR count). The average molecular weight is 295 g/mol. The van der Waals surface area contributed by atoms with Gasteiger partial charge in [0.05, 0.1) is 0 Å². The molecule has 0 atom stereocenters. The number of rotatable bonds is 6. The van der Waals surface area contributed by atoms with Crippen LogP contribution in [0.5, 0.6) is 11.5 Å². The maximum atomic E-state index is 13.5. The summed E-state index contributed by atoms with van der Waals surface area (Å²) in [5.74, 6) is -1.76. The highest BCUT2D eigenvalue weighted by atomic mass is 19.1. The van der Waals surface area contributed by atoms with Crippen LogP contribution in [0.3, 0.4) is 0 Å². The summed E-state index contributed by atoms with van der Waals surface area (Å²) in [5, 5.41) is 3.15. The molecule has 0 aliphatic rings. The highest BCUT2D eigenvalue weighted by Crippen LogP contribution is 2.25. The van der Waals surface area contributed by atoms with E-state index in [0.717, 1.165) is 31.2 Å². The topological polar surface area (TPSA) is 21.3 Å². The van der Waals surface area contributed by atoms with Crippen molar-refractivity contribution in [3.05, 3.63) is 59.4 Å². The molecule has 0 spiro atoms. The average Bonchev–Trinajstić information content (AvgIpc) is 2.37. The van der Waals surface area contributed by atoms with Gasteiger partial charge in [0, 0.05) is 30.8 Å². The maximum absolute atomic E-state index is 13.5. The molecule has 0 aromatic heterocycles. The van der Waals surface area contributed by atoms with Crippen LogP contribution in [-0.2, 0) is 6.54 Å². The molecule has 2 nitrogen and oxygen atoms in total. The van der Waals surface area contributed by atoms with Gasteiger partial charge >= 0.3 is 0 Å². The Morgan fingerprint density at radius 3 is 2.05 bits per heavy atom. The quantitative estimate of drug-likeness (QED) is 0.798. The Kier molecular flexibility index (Phi) is 5.22. The Balaban J connectivity index is 2.15. The van der Waals surface area contributed by atoms with Crippen molar-refractivity contribution >= 4 is 0 Å². The molecule has 0 amide bonds. The van der Waals surface area contributed by atoms with Crippen LogP contribution in [0.25, 0.3) is 0 Å². The number of hydrogen-bond acceptors (Lipinski definition) is 2. The molecule has 112 valence electrons. The molecular weight excluding hydrogens is 279 g/mol. The fourth-order valence-corrected chi connectivity index (χ4v) is 1.91. The third kappa shape index (κ3) is 4.79. The van der Waals surface area contributed by atoms with E-state index in [1.165, 1.54) is 12.1 Å². The summed E-state index contributed by atoms with van der Waals surface area (Å²) in [6.07, 6.45) is 0.973. The molecule has 0 aliphatic carbocycles. The van der Waals surface area contributed by atoms with Crippen LogP contribution in [0.4, 0.5) is 13.2 Å². The molecule has 0 bridgehead atoms. The lowest BCUT2D eigenvalue weighted by Crippen LogP contribution is -2.13. The summed E-state index contributed by atoms with van der Waals surface area (Å²) in [6, 6.07) is 7.03. The third-order valence-corrected chi connectivity index (χ3v) is 2.76. The van der Waals surface area contributed by atoms with Crippen molar-refractivity contribution < 1.29 is 17.9 Å². The Bertz CT molecular complexity index is 596. The number of benzene rings is 2. The molecule has 0 saturated carbocycles. The van der Waals surface area contributed by atoms with Gasteiger partial charge in [0.1, 0.15) is 29.0 Å². The van der Waals surface area contributed by atoms with E-state index in [9.17, 15) is 13.2 Å². The Hall–Kier alpha value is -2.01. The lowest BCUT2D eigenvalue weighted by Gasteiger charge is -2.09. The molecule has 0 heterocycles. The molecule has 2 aromatic carbocycles. The van der Waals surface area contributed by atoms with Gasteiger partial charge in [-0.15, -0.1) is 0 Å². The molecule has 0 radical (unpaired) electrons. The normalized spacial score (nSPS) is 10.7.